The van der Waals surface area contributed by atoms with Gasteiger partial charge in [-0.1, -0.05) is 6.07 Å². The van der Waals surface area contributed by atoms with Gasteiger partial charge in [-0.25, -0.2) is 9.97 Å². The highest BCUT2D eigenvalue weighted by Crippen LogP contribution is 2.06. The van der Waals surface area contributed by atoms with Crippen LogP contribution in [0.5, 0.6) is 0 Å². The average Bonchev–Trinajstić information content (AvgIpc) is 2.66. The second-order valence-corrected chi connectivity index (χ2v) is 5.24. The van der Waals surface area contributed by atoms with Gasteiger partial charge in [0.2, 0.25) is 5.91 Å². The third-order valence-corrected chi connectivity index (χ3v) is 3.41. The molecule has 3 aromatic rings. The van der Waals surface area contributed by atoms with Crippen LogP contribution in [-0.2, 0) is 11.3 Å². The van der Waals surface area contributed by atoms with Gasteiger partial charge in [-0.15, -0.1) is 0 Å². The zero-order valence-corrected chi connectivity index (χ0v) is 13.3. The number of nitrogens with zero attached hydrogens (tertiary/aromatic N) is 4. The first-order valence-corrected chi connectivity index (χ1v) is 7.74. The molecule has 0 unspecified atom stereocenters. The topological polar surface area (TPSA) is 110 Å². The molecule has 25 heavy (non-hydrogen) atoms. The summed E-state index contributed by atoms with van der Waals surface area (Å²) in [5.41, 5.74) is 2.18. The fourth-order valence-electron chi connectivity index (χ4n) is 2.15. The Labute approximate surface area is 143 Å². The van der Waals surface area contributed by atoms with Gasteiger partial charge >= 0.3 is 0 Å². The first-order valence-electron chi connectivity index (χ1n) is 7.74. The smallest absolute Gasteiger partial charge is 0.269 e. The summed E-state index contributed by atoms with van der Waals surface area (Å²) >= 11 is 0. The van der Waals surface area contributed by atoms with Crippen molar-refractivity contribution in [3.63, 3.8) is 0 Å². The number of amides is 2. The van der Waals surface area contributed by atoms with Crippen LogP contribution < -0.4 is 10.6 Å². The van der Waals surface area contributed by atoms with Crippen LogP contribution in [0.15, 0.2) is 49.1 Å². The fourth-order valence-corrected chi connectivity index (χ4v) is 2.15. The molecule has 0 aliphatic rings. The van der Waals surface area contributed by atoms with Gasteiger partial charge in [0, 0.05) is 44.3 Å². The molecule has 0 saturated carbocycles. The third-order valence-electron chi connectivity index (χ3n) is 3.41. The van der Waals surface area contributed by atoms with Crippen molar-refractivity contribution < 1.29 is 9.59 Å². The number of carbonyl (C=O) groups excluding carboxylic acids is 2. The van der Waals surface area contributed by atoms with Gasteiger partial charge in [0.05, 0.1) is 0 Å². The van der Waals surface area contributed by atoms with Gasteiger partial charge in [0.1, 0.15) is 11.2 Å². The number of aromatic nitrogens is 4. The molecule has 0 bridgehead atoms. The second kappa shape index (κ2) is 7.91. The van der Waals surface area contributed by atoms with E-state index in [1.165, 1.54) is 6.20 Å². The molecule has 0 saturated heterocycles. The molecule has 2 N–H and O–H groups in total. The molecule has 0 aliphatic carbocycles. The minimum atomic E-state index is -0.354. The zero-order chi connectivity index (χ0) is 17.5. The first-order chi connectivity index (χ1) is 12.2. The first kappa shape index (κ1) is 16.4. The normalized spacial score (nSPS) is 10.4. The molecule has 3 rings (SSSR count). The molecule has 8 heteroatoms. The molecular weight excluding hydrogens is 320 g/mol. The van der Waals surface area contributed by atoms with Crippen LogP contribution in [0.1, 0.15) is 22.5 Å². The monoisotopic (exact) mass is 336 g/mol. The van der Waals surface area contributed by atoms with Crippen LogP contribution in [-0.4, -0.2) is 38.3 Å². The molecule has 126 valence electrons. The molecular formula is C17H16N6O2. The molecule has 0 aliphatic heterocycles. The van der Waals surface area contributed by atoms with E-state index in [0.717, 1.165) is 5.56 Å². The maximum absolute atomic E-state index is 12.1. The highest BCUT2D eigenvalue weighted by molar-refractivity contribution is 5.94. The van der Waals surface area contributed by atoms with E-state index in [1.54, 1.807) is 30.7 Å². The van der Waals surface area contributed by atoms with Gasteiger partial charge in [0.15, 0.2) is 5.65 Å². The summed E-state index contributed by atoms with van der Waals surface area (Å²) in [6, 6.07) is 6.95. The molecule has 0 spiro atoms. The van der Waals surface area contributed by atoms with Gasteiger partial charge in [0.25, 0.3) is 5.91 Å². The quantitative estimate of drug-likeness (QED) is 0.691. The summed E-state index contributed by atoms with van der Waals surface area (Å²) in [6.07, 6.45) is 6.63. The number of hydrogen-bond acceptors (Lipinski definition) is 6. The summed E-state index contributed by atoms with van der Waals surface area (Å²) in [5, 5.41) is 5.44. The van der Waals surface area contributed by atoms with Crippen LogP contribution in [0.3, 0.4) is 0 Å². The van der Waals surface area contributed by atoms with E-state index in [9.17, 15) is 9.59 Å². The summed E-state index contributed by atoms with van der Waals surface area (Å²) in [5.74, 6) is -0.505. The van der Waals surface area contributed by atoms with E-state index in [1.807, 2.05) is 12.1 Å². The van der Waals surface area contributed by atoms with Gasteiger partial charge in [-0.2, -0.15) is 0 Å². The largest absolute Gasteiger partial charge is 0.352 e. The molecule has 0 radical (unpaired) electrons. The lowest BCUT2D eigenvalue weighted by Crippen LogP contribution is -2.31. The van der Waals surface area contributed by atoms with Crippen molar-refractivity contribution in [3.05, 3.63) is 60.3 Å². The zero-order valence-electron chi connectivity index (χ0n) is 13.3. The Morgan fingerprint density at radius 1 is 1.00 bits per heavy atom. The SMILES string of the molecule is O=C(CCNC(=O)c1ccc2nccnc2n1)NCc1cccnc1. The van der Waals surface area contributed by atoms with Crippen molar-refractivity contribution >= 4 is 23.0 Å². The lowest BCUT2D eigenvalue weighted by Gasteiger charge is -2.07. The molecule has 0 atom stereocenters. The lowest BCUT2D eigenvalue weighted by atomic mass is 10.3. The summed E-state index contributed by atoms with van der Waals surface area (Å²) < 4.78 is 0. The third kappa shape index (κ3) is 4.54. The van der Waals surface area contributed by atoms with E-state index in [-0.39, 0.29) is 30.5 Å². The maximum Gasteiger partial charge on any atom is 0.269 e. The van der Waals surface area contributed by atoms with Gasteiger partial charge < -0.3 is 10.6 Å². The van der Waals surface area contributed by atoms with Crippen molar-refractivity contribution in [2.45, 2.75) is 13.0 Å². The van der Waals surface area contributed by atoms with Gasteiger partial charge in [-0.05, 0) is 23.8 Å². The Morgan fingerprint density at radius 2 is 1.88 bits per heavy atom. The number of nitrogens with one attached hydrogen (secondary N) is 2. The van der Waals surface area contributed by atoms with Crippen molar-refractivity contribution in [1.82, 2.24) is 30.6 Å². The molecule has 0 aromatic carbocycles. The van der Waals surface area contributed by atoms with Crippen LogP contribution >= 0.6 is 0 Å². The molecule has 8 nitrogen and oxygen atoms in total. The summed E-state index contributed by atoms with van der Waals surface area (Å²) in [7, 11) is 0. The number of pyridine rings is 2. The Kier molecular flexibility index (Phi) is 5.20. The number of rotatable bonds is 6. The molecule has 2 amide bonds. The van der Waals surface area contributed by atoms with E-state index in [0.29, 0.717) is 17.7 Å². The summed E-state index contributed by atoms with van der Waals surface area (Å²) in [4.78, 5) is 40.2. The maximum atomic E-state index is 12.1. The average molecular weight is 336 g/mol. The van der Waals surface area contributed by atoms with E-state index >= 15 is 0 Å². The standard InChI is InChI=1S/C17H16N6O2/c24-15(22-11-12-2-1-6-18-10-12)5-7-21-17(25)14-4-3-13-16(23-14)20-9-8-19-13/h1-4,6,8-10H,5,7,11H2,(H,21,25)(H,22,24). The predicted octanol–water partition coefficient (Wildman–Crippen LogP) is 0.856. The minimum Gasteiger partial charge on any atom is -0.352 e. The van der Waals surface area contributed by atoms with Crippen molar-refractivity contribution in [2.24, 2.45) is 0 Å². The predicted molar refractivity (Wildman–Crippen MR) is 90.4 cm³/mol. The Balaban J connectivity index is 1.46. The Hall–Kier alpha value is -3.42. The van der Waals surface area contributed by atoms with E-state index in [4.69, 9.17) is 0 Å². The van der Waals surface area contributed by atoms with E-state index in [2.05, 4.69) is 30.6 Å². The second-order valence-electron chi connectivity index (χ2n) is 5.24. The Bertz CT molecular complexity index is 884. The highest BCUT2D eigenvalue weighted by atomic mass is 16.2. The lowest BCUT2D eigenvalue weighted by molar-refractivity contribution is -0.121. The number of carbonyl (C=O) groups is 2. The highest BCUT2D eigenvalue weighted by Gasteiger charge is 2.09. The number of fused-ring (bicyclic) bond motifs is 1. The molecule has 3 aromatic heterocycles. The minimum absolute atomic E-state index is 0.151. The van der Waals surface area contributed by atoms with Crippen molar-refractivity contribution in [3.8, 4) is 0 Å². The van der Waals surface area contributed by atoms with Gasteiger partial charge in [-0.3, -0.25) is 19.6 Å². The van der Waals surface area contributed by atoms with Crippen LogP contribution in [0.2, 0.25) is 0 Å². The van der Waals surface area contributed by atoms with Crippen molar-refractivity contribution in [2.75, 3.05) is 6.54 Å². The van der Waals surface area contributed by atoms with E-state index < -0.39 is 0 Å². The number of hydrogen-bond donors (Lipinski definition) is 2. The Morgan fingerprint density at radius 3 is 2.72 bits per heavy atom. The summed E-state index contributed by atoms with van der Waals surface area (Å²) in [6.45, 7) is 0.628. The van der Waals surface area contributed by atoms with Crippen molar-refractivity contribution in [1.29, 1.82) is 0 Å². The fraction of sp³-hybridized carbons (Fsp3) is 0.176. The van der Waals surface area contributed by atoms with Crippen LogP contribution in [0.25, 0.3) is 11.2 Å². The van der Waals surface area contributed by atoms with Crippen LogP contribution in [0.4, 0.5) is 0 Å². The molecule has 0 fully saturated rings. The molecule has 3 heterocycles. The van der Waals surface area contributed by atoms with Crippen LogP contribution in [0, 0.1) is 0 Å².